The number of hydrogen-bond acceptors (Lipinski definition) is 6. The molecule has 2 aromatic carbocycles. The summed E-state index contributed by atoms with van der Waals surface area (Å²) in [5.74, 6) is -0.985. The Balaban J connectivity index is 1.55. The van der Waals surface area contributed by atoms with Crippen molar-refractivity contribution in [1.82, 2.24) is 15.0 Å². The van der Waals surface area contributed by atoms with Crippen molar-refractivity contribution in [2.75, 3.05) is 11.5 Å². The number of pyridine rings is 1. The molecule has 0 radical (unpaired) electrons. The molecule has 4 aromatic rings. The first-order valence-corrected chi connectivity index (χ1v) is 12.0. The molecule has 8 heteroatoms. The number of aliphatic hydroxyl groups excluding tert-OH is 1. The van der Waals surface area contributed by atoms with Crippen LogP contribution in [0.25, 0.3) is 16.8 Å². The fourth-order valence-corrected chi connectivity index (χ4v) is 4.33. The second-order valence-corrected chi connectivity index (χ2v) is 8.58. The van der Waals surface area contributed by atoms with Crippen LogP contribution in [0.15, 0.2) is 78.5 Å². The van der Waals surface area contributed by atoms with Crippen LogP contribution >= 0.6 is 0 Å². The van der Waals surface area contributed by atoms with E-state index in [-0.39, 0.29) is 17.3 Å². The monoisotopic (exact) mass is 482 g/mol. The Hall–Kier alpha value is -4.46. The third-order valence-electron chi connectivity index (χ3n) is 6.16. The molecule has 2 N–H and O–H groups in total. The maximum absolute atomic E-state index is 13.3. The number of Topliss-reactive ketones (excluding diaryl/α,β-unsaturated/α-hetero) is 1. The molecular formula is C28H26N4O4. The molecule has 3 heterocycles. The summed E-state index contributed by atoms with van der Waals surface area (Å²) in [5, 5.41) is 11.3. The van der Waals surface area contributed by atoms with Crippen LogP contribution in [0.4, 0.5) is 5.95 Å². The highest BCUT2D eigenvalue weighted by Gasteiger charge is 2.48. The van der Waals surface area contributed by atoms with Gasteiger partial charge in [0.1, 0.15) is 17.6 Å². The number of ether oxygens (including phenoxy) is 1. The van der Waals surface area contributed by atoms with E-state index in [1.807, 2.05) is 24.3 Å². The first-order chi connectivity index (χ1) is 17.6. The number of H-pyrrole nitrogens is 1. The highest BCUT2D eigenvalue weighted by atomic mass is 16.5. The van der Waals surface area contributed by atoms with E-state index in [4.69, 9.17) is 4.74 Å². The highest BCUT2D eigenvalue weighted by molar-refractivity contribution is 6.51. The van der Waals surface area contributed by atoms with Gasteiger partial charge in [-0.25, -0.2) is 4.98 Å². The van der Waals surface area contributed by atoms with Gasteiger partial charge in [-0.3, -0.25) is 19.5 Å². The van der Waals surface area contributed by atoms with Crippen molar-refractivity contribution in [3.63, 3.8) is 0 Å². The van der Waals surface area contributed by atoms with Crippen molar-refractivity contribution >= 4 is 34.4 Å². The number of benzene rings is 2. The Kier molecular flexibility index (Phi) is 6.49. The zero-order valence-corrected chi connectivity index (χ0v) is 19.8. The maximum atomic E-state index is 13.3. The number of hydrogen-bond donors (Lipinski definition) is 2. The van der Waals surface area contributed by atoms with Crippen LogP contribution in [0, 0.1) is 0 Å². The lowest BCUT2D eigenvalue weighted by Crippen LogP contribution is -2.30. The molecule has 0 aliphatic carbocycles. The summed E-state index contributed by atoms with van der Waals surface area (Å²) in [6, 6.07) is 18.5. The molecule has 182 valence electrons. The van der Waals surface area contributed by atoms with E-state index < -0.39 is 17.7 Å². The minimum absolute atomic E-state index is 0.0456. The van der Waals surface area contributed by atoms with Gasteiger partial charge in [0.25, 0.3) is 5.78 Å². The quantitative estimate of drug-likeness (QED) is 0.156. The number of imidazole rings is 1. The number of unbranched alkanes of at least 4 members (excludes halogenated alkanes) is 2. The third-order valence-corrected chi connectivity index (χ3v) is 6.16. The van der Waals surface area contributed by atoms with Gasteiger partial charge in [0.15, 0.2) is 0 Å². The molecule has 0 bridgehead atoms. The Morgan fingerprint density at radius 2 is 1.81 bits per heavy atom. The molecule has 8 nitrogen and oxygen atoms in total. The van der Waals surface area contributed by atoms with E-state index in [9.17, 15) is 14.7 Å². The molecule has 1 atom stereocenters. The number of aromatic nitrogens is 3. The van der Waals surface area contributed by atoms with Crippen LogP contribution < -0.4 is 9.64 Å². The highest BCUT2D eigenvalue weighted by Crippen LogP contribution is 2.41. The van der Waals surface area contributed by atoms with Crippen molar-refractivity contribution in [3.8, 4) is 5.75 Å². The van der Waals surface area contributed by atoms with E-state index >= 15 is 0 Å². The minimum Gasteiger partial charge on any atom is -0.507 e. The molecule has 1 fully saturated rings. The third kappa shape index (κ3) is 4.33. The van der Waals surface area contributed by atoms with Crippen LogP contribution in [-0.2, 0) is 9.59 Å². The van der Waals surface area contributed by atoms with E-state index in [0.717, 1.165) is 24.8 Å². The number of fused-ring (bicyclic) bond motifs is 1. The second kappa shape index (κ2) is 10.0. The minimum atomic E-state index is -0.947. The topological polar surface area (TPSA) is 108 Å². The number of carbonyl (C=O) groups is 2. The summed E-state index contributed by atoms with van der Waals surface area (Å²) in [7, 11) is 0. The molecule has 1 saturated heterocycles. The standard InChI is InChI=1S/C28H26N4O4/c1-2-3-8-17-36-19-14-12-18(13-15-19)25(33)23-24(22-11-6-7-16-29-22)32(27(35)26(23)34)28-30-20-9-4-5-10-21(20)31-28/h4-7,9-16,24,33H,2-3,8,17H2,1H3,(H,30,31)/b25-23+. The number of nitrogens with zero attached hydrogens (tertiary/aromatic N) is 3. The molecular weight excluding hydrogens is 456 g/mol. The molecule has 1 aliphatic rings. The van der Waals surface area contributed by atoms with Gasteiger partial charge < -0.3 is 14.8 Å². The Labute approximate surface area is 208 Å². The summed E-state index contributed by atoms with van der Waals surface area (Å²) < 4.78 is 5.75. The molecule has 1 amide bonds. The van der Waals surface area contributed by atoms with Crippen LogP contribution in [0.2, 0.25) is 0 Å². The molecule has 0 saturated carbocycles. The molecule has 0 spiro atoms. The number of para-hydroxylation sites is 2. The van der Waals surface area contributed by atoms with Crippen molar-refractivity contribution in [1.29, 1.82) is 0 Å². The number of carbonyl (C=O) groups excluding carboxylic acids is 2. The van der Waals surface area contributed by atoms with Gasteiger partial charge in [0.05, 0.1) is 28.9 Å². The van der Waals surface area contributed by atoms with Crippen molar-refractivity contribution in [2.24, 2.45) is 0 Å². The Bertz CT molecular complexity index is 1390. The zero-order chi connectivity index (χ0) is 25.1. The number of amides is 1. The second-order valence-electron chi connectivity index (χ2n) is 8.58. The summed E-state index contributed by atoms with van der Waals surface area (Å²) in [6.45, 7) is 2.75. The van der Waals surface area contributed by atoms with E-state index in [2.05, 4.69) is 21.9 Å². The fraction of sp³-hybridized carbons (Fsp3) is 0.214. The lowest BCUT2D eigenvalue weighted by atomic mass is 9.98. The normalized spacial score (nSPS) is 17.1. The van der Waals surface area contributed by atoms with Crippen molar-refractivity contribution in [3.05, 3.63) is 89.8 Å². The van der Waals surface area contributed by atoms with Gasteiger partial charge in [0, 0.05) is 11.8 Å². The number of anilines is 1. The molecule has 5 rings (SSSR count). The van der Waals surface area contributed by atoms with Gasteiger partial charge in [-0.05, 0) is 55.0 Å². The van der Waals surface area contributed by atoms with Crippen molar-refractivity contribution < 1.29 is 19.4 Å². The summed E-state index contributed by atoms with van der Waals surface area (Å²) in [5.41, 5.74) is 2.18. The van der Waals surface area contributed by atoms with E-state index in [1.54, 1.807) is 48.7 Å². The largest absolute Gasteiger partial charge is 0.507 e. The lowest BCUT2D eigenvalue weighted by Gasteiger charge is -2.22. The van der Waals surface area contributed by atoms with Crippen LogP contribution in [-0.4, -0.2) is 38.4 Å². The molecule has 36 heavy (non-hydrogen) atoms. The number of nitrogens with one attached hydrogen (secondary N) is 1. The predicted octanol–water partition coefficient (Wildman–Crippen LogP) is 5.15. The number of ketones is 1. The van der Waals surface area contributed by atoms with Gasteiger partial charge in [0.2, 0.25) is 5.95 Å². The van der Waals surface area contributed by atoms with Gasteiger partial charge in [-0.15, -0.1) is 0 Å². The first kappa shape index (κ1) is 23.3. The first-order valence-electron chi connectivity index (χ1n) is 12.0. The van der Waals surface area contributed by atoms with Crippen molar-refractivity contribution in [2.45, 2.75) is 32.2 Å². The van der Waals surface area contributed by atoms with Crippen LogP contribution in [0.1, 0.15) is 43.5 Å². The molecule has 2 aromatic heterocycles. The molecule has 1 unspecified atom stereocenters. The zero-order valence-electron chi connectivity index (χ0n) is 19.8. The van der Waals surface area contributed by atoms with Gasteiger partial charge in [-0.1, -0.05) is 38.0 Å². The predicted molar refractivity (Wildman–Crippen MR) is 137 cm³/mol. The van der Waals surface area contributed by atoms with Crippen LogP contribution in [0.5, 0.6) is 5.75 Å². The lowest BCUT2D eigenvalue weighted by molar-refractivity contribution is -0.132. The average Bonchev–Trinajstić information content (AvgIpc) is 3.45. The summed E-state index contributed by atoms with van der Waals surface area (Å²) in [4.78, 5) is 39.8. The number of aromatic amines is 1. The Morgan fingerprint density at radius 1 is 1.03 bits per heavy atom. The summed E-state index contributed by atoms with van der Waals surface area (Å²) in [6.07, 6.45) is 4.75. The van der Waals surface area contributed by atoms with E-state index in [1.165, 1.54) is 4.90 Å². The average molecular weight is 483 g/mol. The number of rotatable bonds is 8. The maximum Gasteiger partial charge on any atom is 0.302 e. The SMILES string of the molecule is CCCCCOc1ccc(/C(O)=C2\C(=O)C(=O)N(c3nc4ccccc4[nH]3)C2c2ccccn2)cc1. The molecule has 1 aliphatic heterocycles. The van der Waals surface area contributed by atoms with Gasteiger partial charge in [-0.2, -0.15) is 0 Å². The smallest absolute Gasteiger partial charge is 0.302 e. The number of aliphatic hydroxyl groups is 1. The summed E-state index contributed by atoms with van der Waals surface area (Å²) >= 11 is 0. The van der Waals surface area contributed by atoms with E-state index in [0.29, 0.717) is 29.1 Å². The van der Waals surface area contributed by atoms with Crippen LogP contribution in [0.3, 0.4) is 0 Å². The Morgan fingerprint density at radius 3 is 2.53 bits per heavy atom. The van der Waals surface area contributed by atoms with Gasteiger partial charge >= 0.3 is 5.91 Å². The fourth-order valence-electron chi connectivity index (χ4n) is 4.33.